The van der Waals surface area contributed by atoms with E-state index in [9.17, 15) is 0 Å². The number of nitrogens with one attached hydrogen (secondary N) is 1. The maximum Gasteiger partial charge on any atom is 0.0643 e. The largest absolute Gasteiger partial charge is 0.378 e. The third-order valence-electron chi connectivity index (χ3n) is 3.87. The lowest BCUT2D eigenvalue weighted by molar-refractivity contribution is -0.0223. The molecule has 80 valence electrons. The van der Waals surface area contributed by atoms with E-state index in [0.717, 1.165) is 25.7 Å². The molecule has 3 fully saturated rings. The molecule has 0 bridgehead atoms. The Bertz CT molecular complexity index is 205. The van der Waals surface area contributed by atoms with E-state index in [4.69, 9.17) is 9.47 Å². The van der Waals surface area contributed by atoms with Gasteiger partial charge in [-0.3, -0.25) is 0 Å². The van der Waals surface area contributed by atoms with Crippen molar-refractivity contribution in [3.05, 3.63) is 0 Å². The molecule has 3 rings (SSSR count). The van der Waals surface area contributed by atoms with Crippen LogP contribution >= 0.6 is 0 Å². The molecule has 3 unspecified atom stereocenters. The fourth-order valence-electron chi connectivity index (χ4n) is 3.02. The minimum atomic E-state index is 0.558. The molecule has 0 amide bonds. The van der Waals surface area contributed by atoms with Gasteiger partial charge < -0.3 is 14.8 Å². The summed E-state index contributed by atoms with van der Waals surface area (Å²) in [5.41, 5.74) is 0. The summed E-state index contributed by atoms with van der Waals surface area (Å²) >= 11 is 0. The monoisotopic (exact) mass is 197 g/mol. The summed E-state index contributed by atoms with van der Waals surface area (Å²) in [6, 6.07) is 1.32. The highest BCUT2D eigenvalue weighted by Crippen LogP contribution is 2.34. The smallest absolute Gasteiger partial charge is 0.0643 e. The summed E-state index contributed by atoms with van der Waals surface area (Å²) in [6.45, 7) is 2.80. The zero-order valence-corrected chi connectivity index (χ0v) is 8.58. The van der Waals surface area contributed by atoms with Gasteiger partial charge >= 0.3 is 0 Å². The van der Waals surface area contributed by atoms with Gasteiger partial charge in [0.25, 0.3) is 0 Å². The molecule has 3 heteroatoms. The van der Waals surface area contributed by atoms with E-state index < -0.39 is 0 Å². The molecule has 2 heterocycles. The van der Waals surface area contributed by atoms with E-state index in [1.165, 1.54) is 25.7 Å². The molecule has 2 saturated heterocycles. The molecule has 3 nitrogen and oxygen atoms in total. The lowest BCUT2D eigenvalue weighted by atomic mass is 9.81. The van der Waals surface area contributed by atoms with Crippen LogP contribution in [-0.2, 0) is 9.47 Å². The zero-order chi connectivity index (χ0) is 9.38. The molecular weight excluding hydrogens is 178 g/mol. The van der Waals surface area contributed by atoms with E-state index in [0.29, 0.717) is 18.2 Å². The first-order valence-corrected chi connectivity index (χ1v) is 5.89. The molecule has 3 aliphatic rings. The predicted octanol–water partition coefficient (Wildman–Crippen LogP) is 0.932. The van der Waals surface area contributed by atoms with Gasteiger partial charge in [-0.1, -0.05) is 0 Å². The molecule has 0 spiro atoms. The quantitative estimate of drug-likeness (QED) is 0.714. The number of rotatable bonds is 2. The standard InChI is InChI=1S/C11H19NO2/c1-2-10(12-8-6-13-7-8)9-4-5-14-11(9)3-1/h8-12H,1-7H2. The molecule has 0 aromatic carbocycles. The van der Waals surface area contributed by atoms with Gasteiger partial charge in [0, 0.05) is 18.6 Å². The molecule has 1 aliphatic carbocycles. The molecule has 0 aromatic heterocycles. The van der Waals surface area contributed by atoms with Crippen LogP contribution in [0.25, 0.3) is 0 Å². The van der Waals surface area contributed by atoms with Gasteiger partial charge in [0.1, 0.15) is 0 Å². The highest BCUT2D eigenvalue weighted by molar-refractivity contribution is 4.92. The van der Waals surface area contributed by atoms with E-state index in [2.05, 4.69) is 5.32 Å². The van der Waals surface area contributed by atoms with Crippen molar-refractivity contribution in [2.45, 2.75) is 43.9 Å². The summed E-state index contributed by atoms with van der Waals surface area (Å²) in [5, 5.41) is 3.72. The molecule has 0 radical (unpaired) electrons. The van der Waals surface area contributed by atoms with Gasteiger partial charge in [-0.15, -0.1) is 0 Å². The SMILES string of the molecule is C1CC(NC2COC2)C2CCOC2C1. The summed E-state index contributed by atoms with van der Waals surface area (Å²) in [4.78, 5) is 0. The average molecular weight is 197 g/mol. The Morgan fingerprint density at radius 3 is 2.79 bits per heavy atom. The van der Waals surface area contributed by atoms with Crippen LogP contribution in [0.15, 0.2) is 0 Å². The van der Waals surface area contributed by atoms with E-state index >= 15 is 0 Å². The van der Waals surface area contributed by atoms with E-state index in [-0.39, 0.29) is 0 Å². The zero-order valence-electron chi connectivity index (χ0n) is 8.58. The fraction of sp³-hybridized carbons (Fsp3) is 1.00. The molecule has 2 aliphatic heterocycles. The number of hydrogen-bond donors (Lipinski definition) is 1. The molecule has 3 atom stereocenters. The number of ether oxygens (including phenoxy) is 2. The van der Waals surface area contributed by atoms with Gasteiger partial charge in [0.05, 0.1) is 25.4 Å². The Kier molecular flexibility index (Phi) is 2.48. The third-order valence-corrected chi connectivity index (χ3v) is 3.87. The number of hydrogen-bond acceptors (Lipinski definition) is 3. The molecular formula is C11H19NO2. The summed E-state index contributed by atoms with van der Waals surface area (Å²) in [6.07, 6.45) is 5.76. The second-order valence-corrected chi connectivity index (χ2v) is 4.80. The van der Waals surface area contributed by atoms with Crippen LogP contribution in [-0.4, -0.2) is 38.0 Å². The lowest BCUT2D eigenvalue weighted by Crippen LogP contribution is -2.54. The average Bonchev–Trinajstić information content (AvgIpc) is 2.59. The molecule has 0 aromatic rings. The highest BCUT2D eigenvalue weighted by atomic mass is 16.5. The highest BCUT2D eigenvalue weighted by Gasteiger charge is 2.38. The predicted molar refractivity (Wildman–Crippen MR) is 53.2 cm³/mol. The Morgan fingerprint density at radius 1 is 1.07 bits per heavy atom. The molecule has 1 saturated carbocycles. The molecule has 1 N–H and O–H groups in total. The van der Waals surface area contributed by atoms with Crippen molar-refractivity contribution in [1.29, 1.82) is 0 Å². The minimum Gasteiger partial charge on any atom is -0.378 e. The summed E-state index contributed by atoms with van der Waals surface area (Å²) in [5.74, 6) is 0.782. The van der Waals surface area contributed by atoms with Crippen molar-refractivity contribution in [3.63, 3.8) is 0 Å². The van der Waals surface area contributed by atoms with Crippen LogP contribution < -0.4 is 5.32 Å². The van der Waals surface area contributed by atoms with Crippen LogP contribution in [0, 0.1) is 5.92 Å². The van der Waals surface area contributed by atoms with Gasteiger partial charge in [-0.05, 0) is 25.7 Å². The first-order valence-electron chi connectivity index (χ1n) is 5.89. The molecule has 14 heavy (non-hydrogen) atoms. The van der Waals surface area contributed by atoms with Crippen molar-refractivity contribution in [2.24, 2.45) is 5.92 Å². The van der Waals surface area contributed by atoms with Crippen LogP contribution in [0.5, 0.6) is 0 Å². The Hall–Kier alpha value is -0.120. The maximum absolute atomic E-state index is 5.75. The van der Waals surface area contributed by atoms with Gasteiger partial charge in [-0.25, -0.2) is 0 Å². The summed E-state index contributed by atoms with van der Waals surface area (Å²) < 4.78 is 10.9. The normalized spacial score (nSPS) is 43.3. The van der Waals surface area contributed by atoms with Crippen molar-refractivity contribution >= 4 is 0 Å². The van der Waals surface area contributed by atoms with E-state index in [1.807, 2.05) is 0 Å². The first kappa shape index (κ1) is 9.13. The Balaban J connectivity index is 1.59. The van der Waals surface area contributed by atoms with Crippen molar-refractivity contribution in [1.82, 2.24) is 5.32 Å². The second-order valence-electron chi connectivity index (χ2n) is 4.80. The van der Waals surface area contributed by atoms with Crippen LogP contribution in [0.4, 0.5) is 0 Å². The van der Waals surface area contributed by atoms with E-state index in [1.54, 1.807) is 0 Å². The topological polar surface area (TPSA) is 30.5 Å². The van der Waals surface area contributed by atoms with Crippen molar-refractivity contribution in [2.75, 3.05) is 19.8 Å². The minimum absolute atomic E-state index is 0.558. The fourth-order valence-corrected chi connectivity index (χ4v) is 3.02. The Morgan fingerprint density at radius 2 is 2.00 bits per heavy atom. The maximum atomic E-state index is 5.75. The van der Waals surface area contributed by atoms with Crippen molar-refractivity contribution < 1.29 is 9.47 Å². The van der Waals surface area contributed by atoms with Crippen LogP contribution in [0.1, 0.15) is 25.7 Å². The lowest BCUT2D eigenvalue weighted by Gasteiger charge is -2.38. The third kappa shape index (κ3) is 1.58. The van der Waals surface area contributed by atoms with Crippen LogP contribution in [0.2, 0.25) is 0 Å². The van der Waals surface area contributed by atoms with Gasteiger partial charge in [0.2, 0.25) is 0 Å². The van der Waals surface area contributed by atoms with Gasteiger partial charge in [-0.2, -0.15) is 0 Å². The summed E-state index contributed by atoms with van der Waals surface area (Å²) in [7, 11) is 0. The van der Waals surface area contributed by atoms with Crippen molar-refractivity contribution in [3.8, 4) is 0 Å². The second kappa shape index (κ2) is 3.80. The van der Waals surface area contributed by atoms with Gasteiger partial charge in [0.15, 0.2) is 0 Å². The van der Waals surface area contributed by atoms with Crippen LogP contribution in [0.3, 0.4) is 0 Å². The number of fused-ring (bicyclic) bond motifs is 1. The Labute approximate surface area is 85.1 Å². The first-order chi connectivity index (χ1) is 6.93.